The van der Waals surface area contributed by atoms with E-state index in [4.69, 9.17) is 4.74 Å². The number of hydrogen-bond acceptors (Lipinski definition) is 4. The SMILES string of the molecule is CN(C)C1(C2=CCCC=C2)CCC2(CC1)CC(=O)N(CCCNC(=O)OC(C)(C)C)C2. The van der Waals surface area contributed by atoms with Gasteiger partial charge in [0.25, 0.3) is 0 Å². The molecule has 2 aliphatic carbocycles. The van der Waals surface area contributed by atoms with Crippen LogP contribution in [-0.2, 0) is 9.53 Å². The highest BCUT2D eigenvalue weighted by Gasteiger charge is 2.50. The molecule has 174 valence electrons. The average molecular weight is 432 g/mol. The summed E-state index contributed by atoms with van der Waals surface area (Å²) in [6.45, 7) is 7.64. The Kier molecular flexibility index (Phi) is 7.19. The maximum atomic E-state index is 12.7. The number of nitrogens with zero attached hydrogens (tertiary/aromatic N) is 2. The highest BCUT2D eigenvalue weighted by molar-refractivity contribution is 5.79. The molecule has 1 N–H and O–H groups in total. The summed E-state index contributed by atoms with van der Waals surface area (Å²) in [7, 11) is 4.40. The second-order valence-corrected chi connectivity index (χ2v) is 10.8. The van der Waals surface area contributed by atoms with Crippen LogP contribution < -0.4 is 5.32 Å². The lowest BCUT2D eigenvalue weighted by atomic mass is 9.63. The van der Waals surface area contributed by atoms with E-state index in [1.54, 1.807) is 0 Å². The molecule has 0 aromatic carbocycles. The molecule has 0 unspecified atom stereocenters. The average Bonchev–Trinajstić information content (AvgIpc) is 3.00. The lowest BCUT2D eigenvalue weighted by molar-refractivity contribution is -0.127. The van der Waals surface area contributed by atoms with Gasteiger partial charge < -0.3 is 15.0 Å². The van der Waals surface area contributed by atoms with Gasteiger partial charge in [-0.2, -0.15) is 0 Å². The van der Waals surface area contributed by atoms with E-state index < -0.39 is 11.7 Å². The number of alkyl carbamates (subject to hydrolysis) is 1. The topological polar surface area (TPSA) is 61.9 Å². The molecule has 1 heterocycles. The third-order valence-corrected chi connectivity index (χ3v) is 7.20. The van der Waals surface area contributed by atoms with E-state index >= 15 is 0 Å². The maximum absolute atomic E-state index is 12.7. The quantitative estimate of drug-likeness (QED) is 0.638. The van der Waals surface area contributed by atoms with E-state index in [1.165, 1.54) is 5.57 Å². The van der Waals surface area contributed by atoms with Gasteiger partial charge in [-0.25, -0.2) is 4.79 Å². The van der Waals surface area contributed by atoms with Gasteiger partial charge in [0.05, 0.1) is 0 Å². The van der Waals surface area contributed by atoms with Gasteiger partial charge in [-0.1, -0.05) is 18.2 Å². The Hall–Kier alpha value is -1.82. The molecule has 0 radical (unpaired) electrons. The van der Waals surface area contributed by atoms with Crippen LogP contribution in [0.4, 0.5) is 4.79 Å². The lowest BCUT2D eigenvalue weighted by Gasteiger charge is -2.49. The monoisotopic (exact) mass is 431 g/mol. The molecule has 1 saturated carbocycles. The third-order valence-electron chi connectivity index (χ3n) is 7.20. The van der Waals surface area contributed by atoms with Crippen molar-refractivity contribution >= 4 is 12.0 Å². The first-order valence-electron chi connectivity index (χ1n) is 11.8. The van der Waals surface area contributed by atoms with E-state index in [0.29, 0.717) is 19.5 Å². The second kappa shape index (κ2) is 9.35. The highest BCUT2D eigenvalue weighted by atomic mass is 16.6. The fourth-order valence-electron chi connectivity index (χ4n) is 5.44. The first kappa shape index (κ1) is 23.8. The molecule has 2 amide bonds. The molecule has 6 nitrogen and oxygen atoms in total. The summed E-state index contributed by atoms with van der Waals surface area (Å²) in [5, 5.41) is 2.79. The van der Waals surface area contributed by atoms with Crippen LogP contribution in [0.25, 0.3) is 0 Å². The molecule has 1 saturated heterocycles. The standard InChI is InChI=1S/C25H41N3O3/c1-23(2,3)31-22(30)26-16-9-17-28-19-24(18-21(28)29)12-14-25(15-13-24,27(4)5)20-10-7-6-8-11-20/h7,10-11H,6,8-9,12-19H2,1-5H3,(H,26,30). The molecule has 0 aromatic rings. The van der Waals surface area contributed by atoms with Crippen molar-refractivity contribution in [2.24, 2.45) is 5.41 Å². The van der Waals surface area contributed by atoms with Crippen LogP contribution in [-0.4, -0.2) is 66.7 Å². The summed E-state index contributed by atoms with van der Waals surface area (Å²) >= 11 is 0. The molecule has 0 atom stereocenters. The summed E-state index contributed by atoms with van der Waals surface area (Å²) in [6.07, 6.45) is 14.8. The van der Waals surface area contributed by atoms with Gasteiger partial charge in [0.2, 0.25) is 5.91 Å². The van der Waals surface area contributed by atoms with E-state index in [9.17, 15) is 9.59 Å². The van der Waals surface area contributed by atoms with Crippen molar-refractivity contribution in [3.8, 4) is 0 Å². The van der Waals surface area contributed by atoms with Gasteiger partial charge in [0.1, 0.15) is 5.60 Å². The van der Waals surface area contributed by atoms with Crippen LogP contribution in [0.15, 0.2) is 23.8 Å². The van der Waals surface area contributed by atoms with Gasteiger partial charge in [0.15, 0.2) is 0 Å². The maximum Gasteiger partial charge on any atom is 0.407 e. The number of amides is 2. The van der Waals surface area contributed by atoms with Crippen LogP contribution in [0.1, 0.15) is 72.1 Å². The van der Waals surface area contributed by atoms with E-state index in [1.807, 2.05) is 25.7 Å². The summed E-state index contributed by atoms with van der Waals surface area (Å²) in [5.41, 5.74) is 1.20. The Balaban J connectivity index is 1.50. The highest BCUT2D eigenvalue weighted by Crippen LogP contribution is 2.51. The van der Waals surface area contributed by atoms with Crippen molar-refractivity contribution in [3.05, 3.63) is 23.8 Å². The fraction of sp³-hybridized carbons (Fsp3) is 0.760. The molecule has 6 heteroatoms. The van der Waals surface area contributed by atoms with Crippen LogP contribution in [0.2, 0.25) is 0 Å². The molecular weight excluding hydrogens is 390 g/mol. The number of hydrogen-bond donors (Lipinski definition) is 1. The minimum Gasteiger partial charge on any atom is -0.444 e. The lowest BCUT2D eigenvalue weighted by Crippen LogP contribution is -2.51. The fourth-order valence-corrected chi connectivity index (χ4v) is 5.44. The molecule has 1 aliphatic heterocycles. The number of likely N-dealkylation sites (tertiary alicyclic amines) is 1. The predicted molar refractivity (Wildman–Crippen MR) is 124 cm³/mol. The minimum absolute atomic E-state index is 0.107. The normalized spacial score (nSPS) is 28.9. The van der Waals surface area contributed by atoms with Crippen molar-refractivity contribution in [2.45, 2.75) is 83.3 Å². The summed E-state index contributed by atoms with van der Waals surface area (Å²) in [6, 6.07) is 0. The van der Waals surface area contributed by atoms with Gasteiger partial charge in [0, 0.05) is 31.6 Å². The van der Waals surface area contributed by atoms with E-state index in [-0.39, 0.29) is 16.9 Å². The van der Waals surface area contributed by atoms with Crippen molar-refractivity contribution in [1.29, 1.82) is 0 Å². The van der Waals surface area contributed by atoms with Crippen molar-refractivity contribution < 1.29 is 14.3 Å². The number of allylic oxidation sites excluding steroid dienone is 2. The Bertz CT molecular complexity index is 725. The number of carbonyl (C=O) groups is 2. The van der Waals surface area contributed by atoms with Crippen molar-refractivity contribution in [3.63, 3.8) is 0 Å². The number of rotatable bonds is 6. The van der Waals surface area contributed by atoms with Gasteiger partial charge in [-0.05, 0) is 90.8 Å². The second-order valence-electron chi connectivity index (χ2n) is 10.8. The zero-order chi connectivity index (χ0) is 22.7. The van der Waals surface area contributed by atoms with Gasteiger partial charge >= 0.3 is 6.09 Å². The summed E-state index contributed by atoms with van der Waals surface area (Å²) in [4.78, 5) is 28.9. The van der Waals surface area contributed by atoms with Crippen LogP contribution >= 0.6 is 0 Å². The summed E-state index contributed by atoms with van der Waals surface area (Å²) in [5.74, 6) is 0.270. The Morgan fingerprint density at radius 3 is 2.48 bits per heavy atom. The van der Waals surface area contributed by atoms with Crippen molar-refractivity contribution in [2.75, 3.05) is 33.7 Å². The molecule has 31 heavy (non-hydrogen) atoms. The predicted octanol–water partition coefficient (Wildman–Crippen LogP) is 4.27. The molecule has 2 fully saturated rings. The Morgan fingerprint density at radius 1 is 1.19 bits per heavy atom. The molecule has 0 bridgehead atoms. The zero-order valence-corrected chi connectivity index (χ0v) is 20.1. The van der Waals surface area contributed by atoms with Gasteiger partial charge in [-0.15, -0.1) is 0 Å². The first-order chi connectivity index (χ1) is 14.6. The van der Waals surface area contributed by atoms with Gasteiger partial charge in [-0.3, -0.25) is 9.69 Å². The van der Waals surface area contributed by atoms with Crippen LogP contribution in [0, 0.1) is 5.41 Å². The third kappa shape index (κ3) is 5.71. The van der Waals surface area contributed by atoms with Crippen LogP contribution in [0.5, 0.6) is 0 Å². The van der Waals surface area contributed by atoms with E-state index in [2.05, 4.69) is 42.5 Å². The van der Waals surface area contributed by atoms with Crippen molar-refractivity contribution in [1.82, 2.24) is 15.1 Å². The largest absolute Gasteiger partial charge is 0.444 e. The molecule has 3 rings (SSSR count). The zero-order valence-electron chi connectivity index (χ0n) is 20.1. The molecular formula is C25H41N3O3. The Morgan fingerprint density at radius 2 is 1.90 bits per heavy atom. The molecule has 3 aliphatic rings. The smallest absolute Gasteiger partial charge is 0.407 e. The Labute approximate surface area is 188 Å². The number of nitrogens with one attached hydrogen (secondary N) is 1. The summed E-state index contributed by atoms with van der Waals surface area (Å²) < 4.78 is 5.27. The first-order valence-corrected chi connectivity index (χ1v) is 11.8. The number of likely N-dealkylation sites (N-methyl/N-ethyl adjacent to an activating group) is 1. The van der Waals surface area contributed by atoms with Crippen LogP contribution in [0.3, 0.4) is 0 Å². The van der Waals surface area contributed by atoms with E-state index in [0.717, 1.165) is 51.5 Å². The number of carbonyl (C=O) groups excluding carboxylic acids is 2. The number of ether oxygens (including phenoxy) is 1. The molecule has 0 aromatic heterocycles. The molecule has 1 spiro atoms. The minimum atomic E-state index is -0.492.